The summed E-state index contributed by atoms with van der Waals surface area (Å²) >= 11 is 0. The van der Waals surface area contributed by atoms with Crippen LogP contribution in [-0.4, -0.2) is 45.2 Å². The lowest BCUT2D eigenvalue weighted by atomic mass is 10.1. The van der Waals surface area contributed by atoms with Crippen LogP contribution in [0.2, 0.25) is 0 Å². The molecule has 0 aliphatic carbocycles. The highest BCUT2D eigenvalue weighted by atomic mass is 127. The van der Waals surface area contributed by atoms with Crippen LogP contribution in [0.5, 0.6) is 11.5 Å². The summed E-state index contributed by atoms with van der Waals surface area (Å²) in [6, 6.07) is 14.0. The van der Waals surface area contributed by atoms with Gasteiger partial charge in [-0.3, -0.25) is 4.79 Å². The number of benzene rings is 2. The lowest BCUT2D eigenvalue weighted by Gasteiger charge is -2.12. The van der Waals surface area contributed by atoms with Crippen molar-refractivity contribution in [2.24, 2.45) is 4.99 Å². The van der Waals surface area contributed by atoms with Crippen LogP contribution >= 0.6 is 24.0 Å². The first-order valence-electron chi connectivity index (χ1n) is 10.3. The molecule has 0 aromatic heterocycles. The Hall–Kier alpha value is -2.49. The van der Waals surface area contributed by atoms with E-state index in [1.54, 1.807) is 7.11 Å². The topological polar surface area (TPSA) is 84.0 Å². The SMILES string of the molecule is CCNC(=NCC(=O)NCc1ccc(OC)cc1)NCCc1ccc2c(c1)CCO2.I. The normalized spacial score (nSPS) is 12.3. The van der Waals surface area contributed by atoms with Gasteiger partial charge in [-0.15, -0.1) is 24.0 Å². The molecule has 8 heteroatoms. The molecule has 0 unspecified atom stereocenters. The molecule has 0 fully saturated rings. The molecule has 1 amide bonds. The minimum Gasteiger partial charge on any atom is -0.497 e. The molecule has 1 aliphatic rings. The molecule has 1 aliphatic heterocycles. The number of ether oxygens (including phenoxy) is 2. The van der Waals surface area contributed by atoms with Gasteiger partial charge in [0.05, 0.1) is 13.7 Å². The number of fused-ring (bicyclic) bond motifs is 1. The average Bonchev–Trinajstić information content (AvgIpc) is 3.24. The van der Waals surface area contributed by atoms with Gasteiger partial charge in [-0.25, -0.2) is 4.99 Å². The molecule has 31 heavy (non-hydrogen) atoms. The van der Waals surface area contributed by atoms with Gasteiger partial charge < -0.3 is 25.4 Å². The van der Waals surface area contributed by atoms with Crippen molar-refractivity contribution in [3.63, 3.8) is 0 Å². The van der Waals surface area contributed by atoms with Gasteiger partial charge in [0.15, 0.2) is 5.96 Å². The molecular formula is C23H31IN4O3. The van der Waals surface area contributed by atoms with Crippen LogP contribution in [0.4, 0.5) is 0 Å². The van der Waals surface area contributed by atoms with Gasteiger partial charge in [0.2, 0.25) is 5.91 Å². The number of amides is 1. The predicted molar refractivity (Wildman–Crippen MR) is 134 cm³/mol. The summed E-state index contributed by atoms with van der Waals surface area (Å²) in [7, 11) is 1.63. The van der Waals surface area contributed by atoms with E-state index in [1.807, 2.05) is 37.3 Å². The number of aliphatic imine (C=N–C) groups is 1. The van der Waals surface area contributed by atoms with Crippen molar-refractivity contribution < 1.29 is 14.3 Å². The van der Waals surface area contributed by atoms with E-state index in [0.717, 1.165) is 49.6 Å². The van der Waals surface area contributed by atoms with Gasteiger partial charge in [-0.05, 0) is 48.2 Å². The quantitative estimate of drug-likeness (QED) is 0.260. The minimum atomic E-state index is -0.123. The number of guanidine groups is 1. The maximum Gasteiger partial charge on any atom is 0.242 e. The molecule has 0 bridgehead atoms. The number of hydrogen-bond donors (Lipinski definition) is 3. The molecule has 1 heterocycles. The molecule has 0 atom stereocenters. The first-order chi connectivity index (χ1) is 14.7. The van der Waals surface area contributed by atoms with Gasteiger partial charge >= 0.3 is 0 Å². The van der Waals surface area contributed by atoms with Crippen molar-refractivity contribution in [2.75, 3.05) is 33.4 Å². The fourth-order valence-corrected chi connectivity index (χ4v) is 3.21. The highest BCUT2D eigenvalue weighted by Gasteiger charge is 2.11. The number of carbonyl (C=O) groups is 1. The predicted octanol–water partition coefficient (Wildman–Crippen LogP) is 2.66. The standard InChI is InChI=1S/C23H30N4O3.HI/c1-3-24-23(25-12-10-17-6-9-21-19(14-17)11-13-30-21)27-16-22(28)26-15-18-4-7-20(29-2)8-5-18;/h4-9,14H,3,10-13,15-16H2,1-2H3,(H,26,28)(H2,24,25,27);1H. The largest absolute Gasteiger partial charge is 0.497 e. The van der Waals surface area contributed by atoms with E-state index in [4.69, 9.17) is 9.47 Å². The first-order valence-corrected chi connectivity index (χ1v) is 10.3. The van der Waals surface area contributed by atoms with Crippen LogP contribution in [0.15, 0.2) is 47.5 Å². The van der Waals surface area contributed by atoms with Gasteiger partial charge in [0.1, 0.15) is 18.0 Å². The summed E-state index contributed by atoms with van der Waals surface area (Å²) in [6.45, 7) is 4.77. The van der Waals surface area contributed by atoms with E-state index in [0.29, 0.717) is 12.5 Å². The number of methoxy groups -OCH3 is 1. The van der Waals surface area contributed by atoms with Crippen LogP contribution in [0.25, 0.3) is 0 Å². The molecule has 7 nitrogen and oxygen atoms in total. The van der Waals surface area contributed by atoms with E-state index >= 15 is 0 Å². The zero-order valence-electron chi connectivity index (χ0n) is 18.1. The maximum absolute atomic E-state index is 12.1. The third kappa shape index (κ3) is 7.93. The van der Waals surface area contributed by atoms with Gasteiger partial charge in [0, 0.05) is 26.1 Å². The Bertz CT molecular complexity index is 872. The summed E-state index contributed by atoms with van der Waals surface area (Å²) in [5, 5.41) is 9.36. The highest BCUT2D eigenvalue weighted by Crippen LogP contribution is 2.25. The number of halogens is 1. The monoisotopic (exact) mass is 538 g/mol. The molecule has 2 aromatic rings. The highest BCUT2D eigenvalue weighted by molar-refractivity contribution is 14.0. The van der Waals surface area contributed by atoms with E-state index < -0.39 is 0 Å². The summed E-state index contributed by atoms with van der Waals surface area (Å²) in [6.07, 6.45) is 1.85. The molecule has 0 saturated carbocycles. The molecule has 3 N–H and O–H groups in total. The first kappa shape index (κ1) is 24.8. The second-order valence-electron chi connectivity index (χ2n) is 7.04. The third-order valence-corrected chi connectivity index (χ3v) is 4.83. The summed E-state index contributed by atoms with van der Waals surface area (Å²) in [5.41, 5.74) is 3.55. The van der Waals surface area contributed by atoms with Crippen molar-refractivity contribution in [1.82, 2.24) is 16.0 Å². The molecule has 0 saturated heterocycles. The fraction of sp³-hybridized carbons (Fsp3) is 0.391. The summed E-state index contributed by atoms with van der Waals surface area (Å²) in [5.74, 6) is 2.31. The maximum atomic E-state index is 12.1. The number of nitrogens with zero attached hydrogens (tertiary/aromatic N) is 1. The second kappa shape index (κ2) is 13.0. The van der Waals surface area contributed by atoms with Crippen molar-refractivity contribution in [2.45, 2.75) is 26.3 Å². The van der Waals surface area contributed by atoms with E-state index in [2.05, 4.69) is 33.1 Å². The number of nitrogens with one attached hydrogen (secondary N) is 3. The van der Waals surface area contributed by atoms with Crippen LogP contribution < -0.4 is 25.4 Å². The molecule has 0 spiro atoms. The smallest absolute Gasteiger partial charge is 0.242 e. The Morgan fingerprint density at radius 2 is 1.87 bits per heavy atom. The fourth-order valence-electron chi connectivity index (χ4n) is 3.21. The number of carbonyl (C=O) groups excluding carboxylic acids is 1. The Morgan fingerprint density at radius 3 is 2.61 bits per heavy atom. The summed E-state index contributed by atoms with van der Waals surface area (Å²) < 4.78 is 10.7. The van der Waals surface area contributed by atoms with Crippen LogP contribution in [0.3, 0.4) is 0 Å². The van der Waals surface area contributed by atoms with Crippen molar-refractivity contribution >= 4 is 35.8 Å². The van der Waals surface area contributed by atoms with Gasteiger partial charge in [0.25, 0.3) is 0 Å². The lowest BCUT2D eigenvalue weighted by Crippen LogP contribution is -2.39. The Morgan fingerprint density at radius 1 is 1.10 bits per heavy atom. The van der Waals surface area contributed by atoms with Crippen molar-refractivity contribution in [1.29, 1.82) is 0 Å². The van der Waals surface area contributed by atoms with Crippen molar-refractivity contribution in [3.05, 3.63) is 59.2 Å². The van der Waals surface area contributed by atoms with Gasteiger partial charge in [-0.2, -0.15) is 0 Å². The van der Waals surface area contributed by atoms with Crippen LogP contribution in [-0.2, 0) is 24.2 Å². The summed E-state index contributed by atoms with van der Waals surface area (Å²) in [4.78, 5) is 16.5. The Labute approximate surface area is 201 Å². The number of rotatable bonds is 9. The molecule has 168 valence electrons. The Balaban J connectivity index is 0.00000341. The average molecular weight is 538 g/mol. The molecule has 0 radical (unpaired) electrons. The molecular weight excluding hydrogens is 507 g/mol. The van der Waals surface area contributed by atoms with Crippen molar-refractivity contribution in [3.8, 4) is 11.5 Å². The molecule has 3 rings (SSSR count). The van der Waals surface area contributed by atoms with Crippen LogP contribution in [0.1, 0.15) is 23.6 Å². The zero-order chi connectivity index (χ0) is 21.2. The zero-order valence-corrected chi connectivity index (χ0v) is 20.4. The molecule has 2 aromatic carbocycles. The number of hydrogen-bond acceptors (Lipinski definition) is 4. The minimum absolute atomic E-state index is 0. The van der Waals surface area contributed by atoms with E-state index in [9.17, 15) is 4.79 Å². The van der Waals surface area contributed by atoms with Gasteiger partial charge in [-0.1, -0.05) is 24.3 Å². The van der Waals surface area contributed by atoms with Crippen LogP contribution in [0, 0.1) is 0 Å². The second-order valence-corrected chi connectivity index (χ2v) is 7.04. The lowest BCUT2D eigenvalue weighted by molar-refractivity contribution is -0.119. The van der Waals surface area contributed by atoms with E-state index in [1.165, 1.54) is 11.1 Å². The third-order valence-electron chi connectivity index (χ3n) is 4.83. The van der Waals surface area contributed by atoms with E-state index in [-0.39, 0.29) is 36.4 Å². The Kier molecular flexibility index (Phi) is 10.4.